The molecule has 0 aliphatic carbocycles. The van der Waals surface area contributed by atoms with E-state index in [1.807, 2.05) is 0 Å². The molecule has 1 saturated heterocycles. The van der Waals surface area contributed by atoms with Gasteiger partial charge < -0.3 is 15.0 Å². The number of nitrogens with zero attached hydrogens (tertiary/aromatic N) is 3. The number of rotatable bonds is 4. The third-order valence-corrected chi connectivity index (χ3v) is 4.34. The first-order valence-electron chi connectivity index (χ1n) is 8.76. The largest absolute Gasteiger partial charge is 0.465 e. The summed E-state index contributed by atoms with van der Waals surface area (Å²) in [7, 11) is 1.30. The highest BCUT2D eigenvalue weighted by Crippen LogP contribution is 2.18. The van der Waals surface area contributed by atoms with E-state index in [4.69, 9.17) is 4.74 Å². The van der Waals surface area contributed by atoms with Crippen molar-refractivity contribution in [2.24, 2.45) is 0 Å². The van der Waals surface area contributed by atoms with Gasteiger partial charge in [0.1, 0.15) is 5.69 Å². The molecule has 26 heavy (non-hydrogen) atoms. The summed E-state index contributed by atoms with van der Waals surface area (Å²) in [5.74, 6) is -0.325. The van der Waals surface area contributed by atoms with Crippen LogP contribution in [0.5, 0.6) is 0 Å². The van der Waals surface area contributed by atoms with E-state index >= 15 is 0 Å². The minimum atomic E-state index is -0.506. The van der Waals surface area contributed by atoms with Crippen molar-refractivity contribution in [3.8, 4) is 0 Å². The number of esters is 1. The number of methoxy groups -OCH3 is 1. The van der Waals surface area contributed by atoms with Crippen LogP contribution in [0.4, 0.5) is 11.6 Å². The zero-order valence-corrected chi connectivity index (χ0v) is 14.8. The second-order valence-electron chi connectivity index (χ2n) is 6.13. The highest BCUT2D eigenvalue weighted by molar-refractivity contribution is 6.07. The van der Waals surface area contributed by atoms with Crippen molar-refractivity contribution in [3.63, 3.8) is 0 Å². The van der Waals surface area contributed by atoms with Gasteiger partial charge in [0, 0.05) is 19.3 Å². The van der Waals surface area contributed by atoms with E-state index in [0.717, 1.165) is 25.9 Å². The molecule has 0 unspecified atom stereocenters. The molecule has 0 radical (unpaired) electrons. The summed E-state index contributed by atoms with van der Waals surface area (Å²) in [4.78, 5) is 35.3. The van der Waals surface area contributed by atoms with Gasteiger partial charge in [0.2, 0.25) is 5.95 Å². The number of anilines is 2. The van der Waals surface area contributed by atoms with Crippen LogP contribution in [0.25, 0.3) is 0 Å². The molecule has 1 aromatic carbocycles. The van der Waals surface area contributed by atoms with Gasteiger partial charge in [0.05, 0.1) is 18.4 Å². The zero-order chi connectivity index (χ0) is 18.4. The van der Waals surface area contributed by atoms with Crippen LogP contribution in [0.15, 0.2) is 36.5 Å². The van der Waals surface area contributed by atoms with Crippen LogP contribution in [-0.4, -0.2) is 42.0 Å². The molecule has 0 atom stereocenters. The predicted molar refractivity (Wildman–Crippen MR) is 98.4 cm³/mol. The number of hydrogen-bond acceptors (Lipinski definition) is 6. The SMILES string of the molecule is COC(=O)c1ccccc1NC(=O)c1ccnc(N2CCCCCC2)n1. The molecule has 0 bridgehead atoms. The maximum Gasteiger partial charge on any atom is 0.339 e. The first-order valence-corrected chi connectivity index (χ1v) is 8.76. The Labute approximate surface area is 152 Å². The Morgan fingerprint density at radius 2 is 1.81 bits per heavy atom. The molecule has 2 aromatic rings. The Hall–Kier alpha value is -2.96. The van der Waals surface area contributed by atoms with Crippen LogP contribution >= 0.6 is 0 Å². The highest BCUT2D eigenvalue weighted by Gasteiger charge is 2.17. The number of hydrogen-bond donors (Lipinski definition) is 1. The van der Waals surface area contributed by atoms with Gasteiger partial charge in [-0.25, -0.2) is 14.8 Å². The number of nitrogens with one attached hydrogen (secondary N) is 1. The Morgan fingerprint density at radius 3 is 2.54 bits per heavy atom. The molecule has 1 aliphatic rings. The first-order chi connectivity index (χ1) is 12.7. The minimum absolute atomic E-state index is 0.263. The third kappa shape index (κ3) is 4.17. The van der Waals surface area contributed by atoms with Gasteiger partial charge in [-0.05, 0) is 31.0 Å². The van der Waals surface area contributed by atoms with Crippen LogP contribution in [0.2, 0.25) is 0 Å². The second-order valence-corrected chi connectivity index (χ2v) is 6.13. The summed E-state index contributed by atoms with van der Waals surface area (Å²) in [6.07, 6.45) is 6.22. The van der Waals surface area contributed by atoms with Crippen LogP contribution in [0.3, 0.4) is 0 Å². The van der Waals surface area contributed by atoms with Crippen molar-refractivity contribution in [2.45, 2.75) is 25.7 Å². The maximum atomic E-state index is 12.6. The lowest BCUT2D eigenvalue weighted by atomic mass is 10.1. The smallest absolute Gasteiger partial charge is 0.339 e. The standard InChI is InChI=1S/C19H22N4O3/c1-26-18(25)14-8-4-5-9-15(14)21-17(24)16-10-11-20-19(22-16)23-12-6-2-3-7-13-23/h4-5,8-11H,2-3,6-7,12-13H2,1H3,(H,21,24). The molecule has 7 heteroatoms. The summed E-state index contributed by atoms with van der Waals surface area (Å²) in [6.45, 7) is 1.80. The van der Waals surface area contributed by atoms with E-state index < -0.39 is 5.97 Å². The average molecular weight is 354 g/mol. The van der Waals surface area contributed by atoms with E-state index in [2.05, 4.69) is 20.2 Å². The second kappa shape index (κ2) is 8.42. The van der Waals surface area contributed by atoms with Crippen molar-refractivity contribution in [1.82, 2.24) is 9.97 Å². The summed E-state index contributed by atoms with van der Waals surface area (Å²) in [5, 5.41) is 2.74. The number of benzene rings is 1. The fraction of sp³-hybridized carbons (Fsp3) is 0.368. The van der Waals surface area contributed by atoms with E-state index in [1.54, 1.807) is 36.5 Å². The van der Waals surface area contributed by atoms with Crippen LogP contribution in [-0.2, 0) is 4.74 Å². The lowest BCUT2D eigenvalue weighted by molar-refractivity contribution is 0.0602. The summed E-state index contributed by atoms with van der Waals surface area (Å²) in [5.41, 5.74) is 0.948. The van der Waals surface area contributed by atoms with Gasteiger partial charge in [-0.1, -0.05) is 25.0 Å². The third-order valence-electron chi connectivity index (χ3n) is 4.34. The molecule has 1 amide bonds. The van der Waals surface area contributed by atoms with Gasteiger partial charge >= 0.3 is 5.97 Å². The molecule has 2 heterocycles. The zero-order valence-electron chi connectivity index (χ0n) is 14.8. The maximum absolute atomic E-state index is 12.6. The summed E-state index contributed by atoms with van der Waals surface area (Å²) >= 11 is 0. The highest BCUT2D eigenvalue weighted by atomic mass is 16.5. The quantitative estimate of drug-likeness (QED) is 0.850. The van der Waals surface area contributed by atoms with E-state index in [9.17, 15) is 9.59 Å². The van der Waals surface area contributed by atoms with Gasteiger partial charge in [-0.15, -0.1) is 0 Å². The number of para-hydroxylation sites is 1. The number of carbonyl (C=O) groups is 2. The summed E-state index contributed by atoms with van der Waals surface area (Å²) in [6, 6.07) is 8.28. The number of ether oxygens (including phenoxy) is 1. The Morgan fingerprint density at radius 1 is 1.08 bits per heavy atom. The number of aromatic nitrogens is 2. The van der Waals surface area contributed by atoms with E-state index in [0.29, 0.717) is 17.2 Å². The lowest BCUT2D eigenvalue weighted by Crippen LogP contribution is -2.27. The normalized spacial score (nSPS) is 14.4. The molecule has 1 fully saturated rings. The molecular formula is C19H22N4O3. The molecule has 136 valence electrons. The predicted octanol–water partition coefficient (Wildman–Crippen LogP) is 2.90. The van der Waals surface area contributed by atoms with Crippen LogP contribution < -0.4 is 10.2 Å². The molecule has 3 rings (SSSR count). The Bertz CT molecular complexity index is 786. The van der Waals surface area contributed by atoms with Gasteiger partial charge in [0.25, 0.3) is 5.91 Å². The van der Waals surface area contributed by atoms with Crippen molar-refractivity contribution < 1.29 is 14.3 Å². The number of amides is 1. The lowest BCUT2D eigenvalue weighted by Gasteiger charge is -2.20. The molecule has 1 aliphatic heterocycles. The molecule has 1 aromatic heterocycles. The van der Waals surface area contributed by atoms with E-state index in [-0.39, 0.29) is 11.6 Å². The molecule has 0 saturated carbocycles. The van der Waals surface area contributed by atoms with Crippen LogP contribution in [0, 0.1) is 0 Å². The van der Waals surface area contributed by atoms with Gasteiger partial charge in [0.15, 0.2) is 0 Å². The Balaban J connectivity index is 1.78. The van der Waals surface area contributed by atoms with Gasteiger partial charge in [-0.3, -0.25) is 4.79 Å². The van der Waals surface area contributed by atoms with Crippen molar-refractivity contribution in [2.75, 3.05) is 30.4 Å². The monoisotopic (exact) mass is 354 g/mol. The van der Waals surface area contributed by atoms with Crippen molar-refractivity contribution in [3.05, 3.63) is 47.8 Å². The molecular weight excluding hydrogens is 332 g/mol. The van der Waals surface area contributed by atoms with Crippen LogP contribution in [0.1, 0.15) is 46.5 Å². The van der Waals surface area contributed by atoms with Crippen molar-refractivity contribution in [1.29, 1.82) is 0 Å². The fourth-order valence-electron chi connectivity index (χ4n) is 2.96. The topological polar surface area (TPSA) is 84.4 Å². The summed E-state index contributed by atoms with van der Waals surface area (Å²) < 4.78 is 4.75. The molecule has 1 N–H and O–H groups in total. The Kier molecular flexibility index (Phi) is 5.78. The fourth-order valence-corrected chi connectivity index (χ4v) is 2.96. The van der Waals surface area contributed by atoms with E-state index in [1.165, 1.54) is 20.0 Å². The molecule has 7 nitrogen and oxygen atoms in total. The van der Waals surface area contributed by atoms with Crippen molar-refractivity contribution >= 4 is 23.5 Å². The first kappa shape index (κ1) is 17.8. The van der Waals surface area contributed by atoms with Gasteiger partial charge in [-0.2, -0.15) is 0 Å². The minimum Gasteiger partial charge on any atom is -0.465 e. The average Bonchev–Trinajstić information content (AvgIpc) is 2.97. The molecule has 0 spiro atoms. The number of carbonyl (C=O) groups excluding carboxylic acids is 2.